The molecule has 1 aromatic carbocycles. The Labute approximate surface area is 107 Å². The Morgan fingerprint density at radius 3 is 2.81 bits per heavy atom. The summed E-state index contributed by atoms with van der Waals surface area (Å²) in [6.07, 6.45) is 5.67. The van der Waals surface area contributed by atoms with Crippen LogP contribution < -0.4 is 5.32 Å². The van der Waals surface area contributed by atoms with E-state index in [1.54, 1.807) is 0 Å². The molecule has 0 heterocycles. The van der Waals surface area contributed by atoms with Crippen molar-refractivity contribution < 1.29 is 0 Å². The fraction of sp³-hybridized carbons (Fsp3) is 0.571. The minimum atomic E-state index is 0.654. The molecule has 0 aromatic heterocycles. The van der Waals surface area contributed by atoms with Crippen molar-refractivity contribution in [3.8, 4) is 0 Å². The van der Waals surface area contributed by atoms with Crippen molar-refractivity contribution in [2.45, 2.75) is 45.2 Å². The van der Waals surface area contributed by atoms with E-state index in [0.717, 1.165) is 12.5 Å². The van der Waals surface area contributed by atoms with Crippen LogP contribution in [0.3, 0.4) is 0 Å². The van der Waals surface area contributed by atoms with Gasteiger partial charge in [0, 0.05) is 17.1 Å². The lowest BCUT2D eigenvalue weighted by molar-refractivity contribution is 0.380. The molecule has 0 saturated heterocycles. The Bertz CT molecular complexity index is 331. The molecular formula is C14H20BrN. The fourth-order valence-corrected chi connectivity index (χ4v) is 3.00. The van der Waals surface area contributed by atoms with Gasteiger partial charge in [0.05, 0.1) is 0 Å². The highest BCUT2D eigenvalue weighted by atomic mass is 79.9. The molecule has 88 valence electrons. The summed E-state index contributed by atoms with van der Waals surface area (Å²) in [5, 5.41) is 3.65. The molecule has 1 nitrogen and oxygen atoms in total. The largest absolute Gasteiger partial charge is 0.310 e. The Morgan fingerprint density at radius 2 is 2.12 bits per heavy atom. The van der Waals surface area contributed by atoms with Crippen LogP contribution in [0.1, 0.15) is 38.2 Å². The highest BCUT2D eigenvalue weighted by molar-refractivity contribution is 9.10. The van der Waals surface area contributed by atoms with Crippen molar-refractivity contribution >= 4 is 15.9 Å². The Hall–Kier alpha value is -0.340. The molecule has 1 aliphatic rings. The van der Waals surface area contributed by atoms with E-state index in [2.05, 4.69) is 52.4 Å². The van der Waals surface area contributed by atoms with E-state index in [4.69, 9.17) is 0 Å². The van der Waals surface area contributed by atoms with E-state index in [1.807, 2.05) is 0 Å². The molecule has 0 radical (unpaired) electrons. The van der Waals surface area contributed by atoms with Crippen LogP contribution in [0.25, 0.3) is 0 Å². The van der Waals surface area contributed by atoms with E-state index in [-0.39, 0.29) is 0 Å². The molecule has 0 aliphatic heterocycles. The Kier molecular flexibility index (Phi) is 4.42. The van der Waals surface area contributed by atoms with Gasteiger partial charge in [-0.3, -0.25) is 0 Å². The van der Waals surface area contributed by atoms with Crippen LogP contribution in [-0.2, 0) is 6.54 Å². The monoisotopic (exact) mass is 281 g/mol. The molecule has 1 N–H and O–H groups in total. The number of rotatable bonds is 4. The van der Waals surface area contributed by atoms with Gasteiger partial charge in [-0.15, -0.1) is 0 Å². The topological polar surface area (TPSA) is 12.0 Å². The maximum Gasteiger partial charge on any atom is 0.0208 e. The molecule has 1 saturated carbocycles. The van der Waals surface area contributed by atoms with Gasteiger partial charge in [0.2, 0.25) is 0 Å². The van der Waals surface area contributed by atoms with Gasteiger partial charge in [-0.2, -0.15) is 0 Å². The standard InChI is InChI=1S/C14H20BrN/c1-11(13-6-2-3-7-13)16-10-12-5-4-8-14(15)9-12/h4-5,8-9,11,13,16H,2-3,6-7,10H2,1H3. The minimum Gasteiger partial charge on any atom is -0.310 e. The zero-order valence-electron chi connectivity index (χ0n) is 9.88. The molecule has 0 spiro atoms. The number of hydrogen-bond donors (Lipinski definition) is 1. The van der Waals surface area contributed by atoms with Crippen molar-refractivity contribution in [1.29, 1.82) is 0 Å². The number of hydrogen-bond acceptors (Lipinski definition) is 1. The van der Waals surface area contributed by atoms with E-state index >= 15 is 0 Å². The average molecular weight is 282 g/mol. The van der Waals surface area contributed by atoms with Crippen LogP contribution in [0.4, 0.5) is 0 Å². The number of nitrogens with one attached hydrogen (secondary N) is 1. The molecule has 1 atom stereocenters. The van der Waals surface area contributed by atoms with Gasteiger partial charge in [-0.05, 0) is 43.4 Å². The van der Waals surface area contributed by atoms with Gasteiger partial charge in [-0.1, -0.05) is 40.9 Å². The van der Waals surface area contributed by atoms with Gasteiger partial charge in [0.15, 0.2) is 0 Å². The lowest BCUT2D eigenvalue weighted by atomic mass is 9.99. The van der Waals surface area contributed by atoms with Gasteiger partial charge < -0.3 is 5.32 Å². The average Bonchev–Trinajstić information content (AvgIpc) is 2.79. The second-order valence-corrected chi connectivity index (χ2v) is 5.76. The highest BCUT2D eigenvalue weighted by Crippen LogP contribution is 2.27. The molecule has 2 rings (SSSR count). The summed E-state index contributed by atoms with van der Waals surface area (Å²) in [4.78, 5) is 0. The van der Waals surface area contributed by atoms with Gasteiger partial charge in [-0.25, -0.2) is 0 Å². The normalized spacial score (nSPS) is 18.9. The molecule has 1 aromatic rings. The Balaban J connectivity index is 1.82. The van der Waals surface area contributed by atoms with Gasteiger partial charge >= 0.3 is 0 Å². The van der Waals surface area contributed by atoms with Gasteiger partial charge in [0.1, 0.15) is 0 Å². The summed E-state index contributed by atoms with van der Waals surface area (Å²) >= 11 is 3.51. The lowest BCUT2D eigenvalue weighted by Gasteiger charge is -2.20. The van der Waals surface area contributed by atoms with E-state index in [9.17, 15) is 0 Å². The molecule has 0 bridgehead atoms. The number of benzene rings is 1. The van der Waals surface area contributed by atoms with Crippen molar-refractivity contribution in [2.75, 3.05) is 0 Å². The molecule has 16 heavy (non-hydrogen) atoms. The predicted octanol–water partition coefficient (Wildman–Crippen LogP) is 4.12. The Morgan fingerprint density at radius 1 is 1.38 bits per heavy atom. The minimum absolute atomic E-state index is 0.654. The predicted molar refractivity (Wildman–Crippen MR) is 72.4 cm³/mol. The summed E-state index contributed by atoms with van der Waals surface area (Å²) in [6, 6.07) is 9.19. The van der Waals surface area contributed by atoms with Crippen LogP contribution in [0.2, 0.25) is 0 Å². The first-order chi connectivity index (χ1) is 7.75. The quantitative estimate of drug-likeness (QED) is 0.876. The highest BCUT2D eigenvalue weighted by Gasteiger charge is 2.20. The summed E-state index contributed by atoms with van der Waals surface area (Å²) in [7, 11) is 0. The first kappa shape index (κ1) is 12.1. The van der Waals surface area contributed by atoms with Crippen LogP contribution >= 0.6 is 15.9 Å². The third-order valence-corrected chi connectivity index (χ3v) is 4.12. The van der Waals surface area contributed by atoms with Crippen molar-refractivity contribution in [3.63, 3.8) is 0 Å². The zero-order valence-corrected chi connectivity index (χ0v) is 11.5. The second-order valence-electron chi connectivity index (χ2n) is 4.84. The molecule has 1 fully saturated rings. The smallest absolute Gasteiger partial charge is 0.0208 e. The fourth-order valence-electron chi connectivity index (χ4n) is 2.55. The third-order valence-electron chi connectivity index (χ3n) is 3.62. The van der Waals surface area contributed by atoms with Crippen LogP contribution in [0.5, 0.6) is 0 Å². The van der Waals surface area contributed by atoms with E-state index in [0.29, 0.717) is 6.04 Å². The SMILES string of the molecule is CC(NCc1cccc(Br)c1)C1CCCC1. The van der Waals surface area contributed by atoms with E-state index in [1.165, 1.54) is 35.7 Å². The third kappa shape index (κ3) is 3.33. The van der Waals surface area contributed by atoms with Crippen molar-refractivity contribution in [3.05, 3.63) is 34.3 Å². The second kappa shape index (κ2) is 5.83. The maximum absolute atomic E-state index is 3.65. The van der Waals surface area contributed by atoms with Crippen molar-refractivity contribution in [2.24, 2.45) is 5.92 Å². The summed E-state index contributed by atoms with van der Waals surface area (Å²) in [5.74, 6) is 0.896. The van der Waals surface area contributed by atoms with E-state index < -0.39 is 0 Å². The molecule has 1 unspecified atom stereocenters. The van der Waals surface area contributed by atoms with Crippen LogP contribution in [0.15, 0.2) is 28.7 Å². The molecule has 0 amide bonds. The first-order valence-electron chi connectivity index (χ1n) is 6.23. The van der Waals surface area contributed by atoms with Crippen molar-refractivity contribution in [1.82, 2.24) is 5.32 Å². The lowest BCUT2D eigenvalue weighted by Crippen LogP contribution is -2.31. The summed E-state index contributed by atoms with van der Waals surface area (Å²) in [5.41, 5.74) is 1.36. The molecule has 2 heteroatoms. The summed E-state index contributed by atoms with van der Waals surface area (Å²) < 4.78 is 1.17. The van der Waals surface area contributed by atoms with Crippen LogP contribution in [-0.4, -0.2) is 6.04 Å². The van der Waals surface area contributed by atoms with Crippen LogP contribution in [0, 0.1) is 5.92 Å². The first-order valence-corrected chi connectivity index (χ1v) is 7.03. The maximum atomic E-state index is 3.65. The number of halogens is 1. The zero-order chi connectivity index (χ0) is 11.4. The van der Waals surface area contributed by atoms with Gasteiger partial charge in [0.25, 0.3) is 0 Å². The summed E-state index contributed by atoms with van der Waals surface area (Å²) in [6.45, 7) is 3.31. The molecular weight excluding hydrogens is 262 g/mol. The molecule has 1 aliphatic carbocycles.